The molecule has 128 valence electrons. The summed E-state index contributed by atoms with van der Waals surface area (Å²) < 4.78 is 0. The molecule has 0 radical (unpaired) electrons. The van der Waals surface area contributed by atoms with Crippen LogP contribution in [0, 0.1) is 0 Å². The van der Waals surface area contributed by atoms with Crippen molar-refractivity contribution >= 4 is 22.6 Å². The molecule has 1 aliphatic rings. The van der Waals surface area contributed by atoms with E-state index in [9.17, 15) is 9.90 Å². The Bertz CT molecular complexity index is 880. The second-order valence-corrected chi connectivity index (χ2v) is 6.28. The summed E-state index contributed by atoms with van der Waals surface area (Å²) in [5.41, 5.74) is 2.11. The highest BCUT2D eigenvalue weighted by Crippen LogP contribution is 2.20. The van der Waals surface area contributed by atoms with Crippen molar-refractivity contribution in [2.45, 2.75) is 6.42 Å². The number of aromatic nitrogens is 2. The fraction of sp³-hybridized carbons (Fsp3) is 0.263. The van der Waals surface area contributed by atoms with E-state index in [4.69, 9.17) is 0 Å². The quantitative estimate of drug-likeness (QED) is 0.769. The summed E-state index contributed by atoms with van der Waals surface area (Å²) in [4.78, 5) is 24.1. The molecule has 3 heterocycles. The van der Waals surface area contributed by atoms with Crippen molar-refractivity contribution in [2.75, 3.05) is 31.1 Å². The first-order chi connectivity index (χ1) is 12.2. The summed E-state index contributed by atoms with van der Waals surface area (Å²) in [6, 6.07) is 11.5. The number of pyridine rings is 1. The number of aromatic amines is 1. The maximum Gasteiger partial charge on any atom is 0.227 e. The molecule has 0 aliphatic carbocycles. The van der Waals surface area contributed by atoms with Crippen molar-refractivity contribution in [3.05, 3.63) is 54.4 Å². The molecule has 1 aromatic carbocycles. The molecule has 6 heteroatoms. The van der Waals surface area contributed by atoms with Crippen molar-refractivity contribution in [3.63, 3.8) is 0 Å². The maximum absolute atomic E-state index is 12.6. The van der Waals surface area contributed by atoms with Crippen LogP contribution < -0.4 is 4.90 Å². The molecule has 0 bridgehead atoms. The molecule has 25 heavy (non-hydrogen) atoms. The minimum absolute atomic E-state index is 0.156. The first-order valence-electron chi connectivity index (χ1n) is 8.43. The van der Waals surface area contributed by atoms with E-state index in [0.29, 0.717) is 19.5 Å². The Balaban J connectivity index is 1.39. The van der Waals surface area contributed by atoms with Crippen molar-refractivity contribution in [3.8, 4) is 5.75 Å². The summed E-state index contributed by atoms with van der Waals surface area (Å²) in [5, 5.41) is 10.4. The average Bonchev–Trinajstić information content (AvgIpc) is 3.06. The van der Waals surface area contributed by atoms with Crippen molar-refractivity contribution in [2.24, 2.45) is 0 Å². The van der Waals surface area contributed by atoms with Gasteiger partial charge in [0.05, 0.1) is 12.6 Å². The number of amides is 1. The standard InChI is InChI=1S/C19H20N4O2/c24-15-5-6-18(21-13-15)22-7-9-23(10-8-22)19(25)11-14-12-20-17-4-2-1-3-16(14)17/h1-6,12-13,20,24H,7-11H2. The third-order valence-corrected chi connectivity index (χ3v) is 4.71. The van der Waals surface area contributed by atoms with Gasteiger partial charge in [0.1, 0.15) is 11.6 Å². The number of carbonyl (C=O) groups is 1. The molecule has 2 aromatic heterocycles. The SMILES string of the molecule is O=C(Cc1c[nH]c2ccccc12)N1CCN(c2ccc(O)cn2)CC1. The molecular formula is C19H20N4O2. The number of nitrogens with zero attached hydrogens (tertiary/aromatic N) is 3. The highest BCUT2D eigenvalue weighted by Gasteiger charge is 2.22. The minimum Gasteiger partial charge on any atom is -0.506 e. The topological polar surface area (TPSA) is 72.5 Å². The summed E-state index contributed by atoms with van der Waals surface area (Å²) in [5.74, 6) is 1.15. The van der Waals surface area contributed by atoms with Crippen LogP contribution >= 0.6 is 0 Å². The number of H-pyrrole nitrogens is 1. The van der Waals surface area contributed by atoms with E-state index < -0.39 is 0 Å². The van der Waals surface area contributed by atoms with Gasteiger partial charge in [0.15, 0.2) is 0 Å². The van der Waals surface area contributed by atoms with Crippen LogP contribution in [0.2, 0.25) is 0 Å². The second kappa shape index (κ2) is 6.47. The number of anilines is 1. The predicted octanol–water partition coefficient (Wildman–Crippen LogP) is 2.16. The molecule has 6 nitrogen and oxygen atoms in total. The Morgan fingerprint density at radius 1 is 1.12 bits per heavy atom. The van der Waals surface area contributed by atoms with E-state index in [1.807, 2.05) is 35.4 Å². The molecule has 0 saturated carbocycles. The summed E-state index contributed by atoms with van der Waals surface area (Å²) in [6.45, 7) is 2.86. The van der Waals surface area contributed by atoms with Crippen LogP contribution in [0.5, 0.6) is 5.75 Å². The smallest absolute Gasteiger partial charge is 0.227 e. The monoisotopic (exact) mass is 336 g/mol. The molecular weight excluding hydrogens is 316 g/mol. The highest BCUT2D eigenvalue weighted by atomic mass is 16.3. The van der Waals surface area contributed by atoms with Crippen LogP contribution in [0.3, 0.4) is 0 Å². The number of piperazine rings is 1. The van der Waals surface area contributed by atoms with Crippen LogP contribution in [0.15, 0.2) is 48.8 Å². The molecule has 1 amide bonds. The summed E-state index contributed by atoms with van der Waals surface area (Å²) in [7, 11) is 0. The van der Waals surface area contributed by atoms with Gasteiger partial charge < -0.3 is 19.9 Å². The van der Waals surface area contributed by atoms with Gasteiger partial charge >= 0.3 is 0 Å². The number of hydrogen-bond donors (Lipinski definition) is 2. The average molecular weight is 336 g/mol. The van der Waals surface area contributed by atoms with Crippen LogP contribution in [0.4, 0.5) is 5.82 Å². The molecule has 1 fully saturated rings. The van der Waals surface area contributed by atoms with Gasteiger partial charge in [-0.25, -0.2) is 4.98 Å². The Morgan fingerprint density at radius 3 is 2.68 bits per heavy atom. The molecule has 2 N–H and O–H groups in total. The second-order valence-electron chi connectivity index (χ2n) is 6.28. The van der Waals surface area contributed by atoms with E-state index in [1.165, 1.54) is 6.20 Å². The van der Waals surface area contributed by atoms with Gasteiger partial charge in [0.25, 0.3) is 0 Å². The zero-order valence-electron chi connectivity index (χ0n) is 13.9. The molecule has 4 rings (SSSR count). The molecule has 0 spiro atoms. The van der Waals surface area contributed by atoms with Crippen LogP contribution in [0.25, 0.3) is 10.9 Å². The number of aromatic hydroxyl groups is 1. The van der Waals surface area contributed by atoms with Crippen molar-refractivity contribution in [1.29, 1.82) is 0 Å². The number of para-hydroxylation sites is 1. The Labute approximate surface area is 145 Å². The Kier molecular flexibility index (Phi) is 4.01. The first-order valence-corrected chi connectivity index (χ1v) is 8.43. The van der Waals surface area contributed by atoms with Gasteiger partial charge in [-0.2, -0.15) is 0 Å². The molecule has 3 aromatic rings. The van der Waals surface area contributed by atoms with Gasteiger partial charge in [0, 0.05) is 43.3 Å². The largest absolute Gasteiger partial charge is 0.506 e. The summed E-state index contributed by atoms with van der Waals surface area (Å²) >= 11 is 0. The zero-order chi connectivity index (χ0) is 17.2. The van der Waals surface area contributed by atoms with Crippen molar-refractivity contribution < 1.29 is 9.90 Å². The molecule has 0 unspecified atom stereocenters. The third kappa shape index (κ3) is 3.15. The number of benzene rings is 1. The molecule has 1 saturated heterocycles. The van der Waals surface area contributed by atoms with E-state index in [0.717, 1.165) is 35.4 Å². The van der Waals surface area contributed by atoms with Gasteiger partial charge in [-0.3, -0.25) is 4.79 Å². The lowest BCUT2D eigenvalue weighted by Crippen LogP contribution is -2.49. The number of carbonyl (C=O) groups excluding carboxylic acids is 1. The minimum atomic E-state index is 0.156. The lowest BCUT2D eigenvalue weighted by atomic mass is 10.1. The Hall–Kier alpha value is -3.02. The number of fused-ring (bicyclic) bond motifs is 1. The number of nitrogens with one attached hydrogen (secondary N) is 1. The first kappa shape index (κ1) is 15.5. The van der Waals surface area contributed by atoms with E-state index >= 15 is 0 Å². The highest BCUT2D eigenvalue weighted by molar-refractivity contribution is 5.89. The molecule has 1 aliphatic heterocycles. The van der Waals surface area contributed by atoms with Crippen LogP contribution in [0.1, 0.15) is 5.56 Å². The number of hydrogen-bond acceptors (Lipinski definition) is 4. The van der Waals surface area contributed by atoms with Crippen LogP contribution in [-0.4, -0.2) is 52.1 Å². The van der Waals surface area contributed by atoms with E-state index in [1.54, 1.807) is 12.1 Å². The van der Waals surface area contributed by atoms with Crippen molar-refractivity contribution in [1.82, 2.24) is 14.9 Å². The lowest BCUT2D eigenvalue weighted by Gasteiger charge is -2.35. The van der Waals surface area contributed by atoms with Gasteiger partial charge in [0.2, 0.25) is 5.91 Å². The summed E-state index contributed by atoms with van der Waals surface area (Å²) in [6.07, 6.45) is 3.80. The van der Waals surface area contributed by atoms with Crippen LogP contribution in [-0.2, 0) is 11.2 Å². The fourth-order valence-corrected chi connectivity index (χ4v) is 3.30. The predicted molar refractivity (Wildman–Crippen MR) is 96.7 cm³/mol. The van der Waals surface area contributed by atoms with E-state index in [2.05, 4.69) is 14.9 Å². The number of rotatable bonds is 3. The fourth-order valence-electron chi connectivity index (χ4n) is 3.30. The van der Waals surface area contributed by atoms with Gasteiger partial charge in [-0.15, -0.1) is 0 Å². The normalized spacial score (nSPS) is 14.9. The lowest BCUT2D eigenvalue weighted by molar-refractivity contribution is -0.130. The Morgan fingerprint density at radius 2 is 1.92 bits per heavy atom. The third-order valence-electron chi connectivity index (χ3n) is 4.71. The van der Waals surface area contributed by atoms with Gasteiger partial charge in [-0.1, -0.05) is 18.2 Å². The molecule has 0 atom stereocenters. The van der Waals surface area contributed by atoms with Gasteiger partial charge in [-0.05, 0) is 23.8 Å². The zero-order valence-corrected chi connectivity index (χ0v) is 13.9. The maximum atomic E-state index is 12.6. The van der Waals surface area contributed by atoms with E-state index in [-0.39, 0.29) is 11.7 Å².